The quantitative estimate of drug-likeness (QED) is 0.343. The first kappa shape index (κ1) is 20.5. The second-order valence-electron chi connectivity index (χ2n) is 7.32. The van der Waals surface area contributed by atoms with Gasteiger partial charge in [0.1, 0.15) is 17.3 Å². The van der Waals surface area contributed by atoms with E-state index < -0.39 is 15.8 Å². The molecule has 2 heterocycles. The van der Waals surface area contributed by atoms with Crippen LogP contribution in [0.1, 0.15) is 16.1 Å². The monoisotopic (exact) mass is 437 g/mol. The summed E-state index contributed by atoms with van der Waals surface area (Å²) >= 11 is 0. The number of nitrogens with zero attached hydrogens (tertiary/aromatic N) is 3. The molecular weight excluding hydrogens is 418 g/mol. The van der Waals surface area contributed by atoms with Crippen molar-refractivity contribution < 1.29 is 22.7 Å². The standard InChI is InChI=1S/C22H19N3O5S/c1-14-4-6-17(7-5-14)31(27,28)25-18-10-21-20(29-13-30-21)9-15(18)8-19(25)22(26)16(11-23)12-24(2)3/h4-10,12H,13H2,1-3H3. The van der Waals surface area contributed by atoms with Gasteiger partial charge in [0.15, 0.2) is 11.5 Å². The van der Waals surface area contributed by atoms with Crippen molar-refractivity contribution in [2.45, 2.75) is 11.8 Å². The first-order chi connectivity index (χ1) is 14.7. The molecule has 0 fully saturated rings. The van der Waals surface area contributed by atoms with Gasteiger partial charge in [-0.3, -0.25) is 4.79 Å². The number of nitriles is 1. The predicted molar refractivity (Wildman–Crippen MR) is 114 cm³/mol. The number of aromatic nitrogens is 1. The van der Waals surface area contributed by atoms with Gasteiger partial charge in [-0.15, -0.1) is 0 Å². The van der Waals surface area contributed by atoms with Gasteiger partial charge in [-0.05, 0) is 31.2 Å². The molecule has 0 bridgehead atoms. The molecule has 31 heavy (non-hydrogen) atoms. The van der Waals surface area contributed by atoms with E-state index in [0.717, 1.165) is 9.54 Å². The molecule has 2 aromatic carbocycles. The Labute approximate surface area is 179 Å². The van der Waals surface area contributed by atoms with Gasteiger partial charge in [-0.1, -0.05) is 17.7 Å². The molecular formula is C22H19N3O5S. The van der Waals surface area contributed by atoms with E-state index >= 15 is 0 Å². The molecule has 1 aromatic heterocycles. The fourth-order valence-corrected chi connectivity index (χ4v) is 4.84. The summed E-state index contributed by atoms with van der Waals surface area (Å²) < 4.78 is 39.0. The fraction of sp³-hybridized carbons (Fsp3) is 0.182. The lowest BCUT2D eigenvalue weighted by atomic mass is 10.1. The summed E-state index contributed by atoms with van der Waals surface area (Å²) in [6, 6.07) is 12.8. The van der Waals surface area contributed by atoms with E-state index in [2.05, 4.69) is 0 Å². The van der Waals surface area contributed by atoms with Crippen LogP contribution in [-0.4, -0.2) is 44.0 Å². The van der Waals surface area contributed by atoms with Crippen molar-refractivity contribution in [2.75, 3.05) is 20.9 Å². The maximum absolute atomic E-state index is 13.6. The van der Waals surface area contributed by atoms with Crippen molar-refractivity contribution in [3.63, 3.8) is 0 Å². The first-order valence-electron chi connectivity index (χ1n) is 9.33. The average Bonchev–Trinajstić information content (AvgIpc) is 3.33. The lowest BCUT2D eigenvalue weighted by molar-refractivity contribution is 0.103. The van der Waals surface area contributed by atoms with Crippen molar-refractivity contribution in [3.8, 4) is 17.6 Å². The van der Waals surface area contributed by atoms with Crippen LogP contribution in [0.15, 0.2) is 59.1 Å². The predicted octanol–water partition coefficient (Wildman–Crippen LogP) is 3.07. The summed E-state index contributed by atoms with van der Waals surface area (Å²) in [5.74, 6) is 0.139. The molecule has 0 amide bonds. The number of hydrogen-bond donors (Lipinski definition) is 0. The minimum atomic E-state index is -4.15. The van der Waals surface area contributed by atoms with E-state index in [4.69, 9.17) is 9.47 Å². The van der Waals surface area contributed by atoms with E-state index in [1.165, 1.54) is 30.5 Å². The van der Waals surface area contributed by atoms with Crippen LogP contribution in [0.5, 0.6) is 11.5 Å². The number of fused-ring (bicyclic) bond motifs is 2. The lowest BCUT2D eigenvalue weighted by Crippen LogP contribution is -2.20. The first-order valence-corrected chi connectivity index (χ1v) is 10.8. The number of ketones is 1. The van der Waals surface area contributed by atoms with Crippen LogP contribution in [-0.2, 0) is 10.0 Å². The zero-order valence-electron chi connectivity index (χ0n) is 17.1. The molecule has 0 spiro atoms. The zero-order valence-corrected chi connectivity index (χ0v) is 17.9. The number of allylic oxidation sites excluding steroid dienone is 1. The topological polar surface area (TPSA) is 102 Å². The number of aryl methyl sites for hydroxylation is 1. The Morgan fingerprint density at radius 1 is 1.13 bits per heavy atom. The van der Waals surface area contributed by atoms with E-state index in [9.17, 15) is 18.5 Å². The molecule has 1 aliphatic heterocycles. The Morgan fingerprint density at radius 3 is 2.39 bits per heavy atom. The Hall–Kier alpha value is -3.77. The Morgan fingerprint density at radius 2 is 1.77 bits per heavy atom. The summed E-state index contributed by atoms with van der Waals surface area (Å²) in [4.78, 5) is 14.8. The highest BCUT2D eigenvalue weighted by Gasteiger charge is 2.30. The number of hydrogen-bond acceptors (Lipinski definition) is 7. The molecule has 0 N–H and O–H groups in total. The molecule has 0 unspecified atom stereocenters. The average molecular weight is 437 g/mol. The van der Waals surface area contributed by atoms with Crippen LogP contribution < -0.4 is 9.47 Å². The molecule has 9 heteroatoms. The van der Waals surface area contributed by atoms with Crippen LogP contribution in [0.3, 0.4) is 0 Å². The van der Waals surface area contributed by atoms with E-state index in [1.807, 2.05) is 13.0 Å². The van der Waals surface area contributed by atoms with Gasteiger partial charge in [0.25, 0.3) is 10.0 Å². The number of rotatable bonds is 5. The van der Waals surface area contributed by atoms with Crippen LogP contribution in [0.4, 0.5) is 0 Å². The highest BCUT2D eigenvalue weighted by atomic mass is 32.2. The fourth-order valence-electron chi connectivity index (χ4n) is 3.34. The maximum atomic E-state index is 13.6. The second-order valence-corrected chi connectivity index (χ2v) is 9.11. The summed E-state index contributed by atoms with van der Waals surface area (Å²) in [6.07, 6.45) is 1.36. The summed E-state index contributed by atoms with van der Waals surface area (Å²) in [7, 11) is -0.815. The molecule has 0 aliphatic carbocycles. The van der Waals surface area contributed by atoms with Gasteiger partial charge in [0.05, 0.1) is 10.4 Å². The zero-order chi connectivity index (χ0) is 22.3. The Bertz CT molecular complexity index is 1380. The number of ether oxygens (including phenoxy) is 2. The van der Waals surface area contributed by atoms with Gasteiger partial charge in [0.2, 0.25) is 12.6 Å². The maximum Gasteiger partial charge on any atom is 0.268 e. The molecule has 158 valence electrons. The third kappa shape index (κ3) is 3.51. The van der Waals surface area contributed by atoms with Crippen LogP contribution in [0, 0.1) is 18.3 Å². The van der Waals surface area contributed by atoms with Gasteiger partial charge < -0.3 is 14.4 Å². The normalized spacial score (nSPS) is 13.3. The number of carbonyl (C=O) groups is 1. The molecule has 4 rings (SSSR count). The van der Waals surface area contributed by atoms with Gasteiger partial charge in [-0.2, -0.15) is 5.26 Å². The molecule has 3 aromatic rings. The van der Waals surface area contributed by atoms with Crippen molar-refractivity contribution in [2.24, 2.45) is 0 Å². The molecule has 0 radical (unpaired) electrons. The molecule has 1 aliphatic rings. The van der Waals surface area contributed by atoms with Crippen molar-refractivity contribution >= 4 is 26.7 Å². The van der Waals surface area contributed by atoms with E-state index in [0.29, 0.717) is 16.9 Å². The summed E-state index contributed by atoms with van der Waals surface area (Å²) in [5.41, 5.74) is 0.828. The Balaban J connectivity index is 2.02. The largest absolute Gasteiger partial charge is 0.454 e. The van der Waals surface area contributed by atoms with Gasteiger partial charge >= 0.3 is 0 Å². The minimum Gasteiger partial charge on any atom is -0.454 e. The van der Waals surface area contributed by atoms with Gasteiger partial charge in [0, 0.05) is 31.7 Å². The van der Waals surface area contributed by atoms with Crippen LogP contribution >= 0.6 is 0 Å². The lowest BCUT2D eigenvalue weighted by Gasteiger charge is -2.12. The number of Topliss-reactive ketones (excluding diaryl/α,β-unsaturated/α-hetero) is 1. The minimum absolute atomic E-state index is 0.0254. The SMILES string of the molecule is Cc1ccc(S(=O)(=O)n2c(C(=O)C(C#N)=CN(C)C)cc3cc4c(cc32)OCO4)cc1. The molecule has 8 nitrogen and oxygen atoms in total. The van der Waals surface area contributed by atoms with Crippen LogP contribution in [0.25, 0.3) is 10.9 Å². The third-order valence-corrected chi connectivity index (χ3v) is 6.54. The second kappa shape index (κ2) is 7.49. The summed E-state index contributed by atoms with van der Waals surface area (Å²) in [5, 5.41) is 9.97. The van der Waals surface area contributed by atoms with Gasteiger partial charge in [-0.25, -0.2) is 12.4 Å². The van der Waals surface area contributed by atoms with Crippen molar-refractivity contribution in [1.82, 2.24) is 8.87 Å². The van der Waals surface area contributed by atoms with E-state index in [1.54, 1.807) is 37.2 Å². The van der Waals surface area contributed by atoms with E-state index in [-0.39, 0.29) is 28.5 Å². The highest BCUT2D eigenvalue weighted by Crippen LogP contribution is 2.38. The molecule has 0 saturated carbocycles. The van der Waals surface area contributed by atoms with Crippen molar-refractivity contribution in [1.29, 1.82) is 5.26 Å². The molecule has 0 atom stereocenters. The summed E-state index contributed by atoms with van der Waals surface area (Å²) in [6.45, 7) is 1.88. The number of carbonyl (C=O) groups excluding carboxylic acids is 1. The third-order valence-electron chi connectivity index (χ3n) is 4.80. The molecule has 0 saturated heterocycles. The number of benzene rings is 2. The van der Waals surface area contributed by atoms with Crippen molar-refractivity contribution in [3.05, 3.63) is 65.5 Å². The smallest absolute Gasteiger partial charge is 0.268 e. The Kier molecular flexibility index (Phi) is 4.95. The highest BCUT2D eigenvalue weighted by molar-refractivity contribution is 7.90. The van der Waals surface area contributed by atoms with Crippen LogP contribution in [0.2, 0.25) is 0 Å².